The first-order chi connectivity index (χ1) is 11.3. The van der Waals surface area contributed by atoms with Crippen molar-refractivity contribution in [3.63, 3.8) is 0 Å². The zero-order valence-electron chi connectivity index (χ0n) is 13.3. The van der Waals surface area contributed by atoms with E-state index < -0.39 is 0 Å². The van der Waals surface area contributed by atoms with Crippen molar-refractivity contribution in [1.29, 1.82) is 0 Å². The maximum atomic E-state index is 12.1. The molecule has 5 rings (SSSR count). The lowest BCUT2D eigenvalue weighted by Gasteiger charge is -2.45. The molecule has 1 aliphatic carbocycles. The molecule has 2 aliphatic heterocycles. The van der Waals surface area contributed by atoms with Crippen molar-refractivity contribution >= 4 is 0 Å². The summed E-state index contributed by atoms with van der Waals surface area (Å²) in [7, 11) is 0. The van der Waals surface area contributed by atoms with Crippen LogP contribution in [0.4, 0.5) is 0 Å². The van der Waals surface area contributed by atoms with E-state index in [2.05, 4.69) is 35.2 Å². The summed E-state index contributed by atoms with van der Waals surface area (Å²) in [5.41, 5.74) is 4.50. The van der Waals surface area contributed by atoms with Crippen LogP contribution in [-0.2, 0) is 19.4 Å². The van der Waals surface area contributed by atoms with Gasteiger partial charge in [-0.1, -0.05) is 30.3 Å². The topological polar surface area (TPSA) is 25.2 Å². The van der Waals surface area contributed by atoms with E-state index in [1.807, 2.05) is 10.6 Å². The van der Waals surface area contributed by atoms with Gasteiger partial charge in [0.05, 0.1) is 0 Å². The van der Waals surface area contributed by atoms with Crippen LogP contribution in [0.5, 0.6) is 0 Å². The number of benzene rings is 1. The van der Waals surface area contributed by atoms with Gasteiger partial charge in [-0.05, 0) is 42.4 Å². The van der Waals surface area contributed by atoms with E-state index in [9.17, 15) is 4.79 Å². The van der Waals surface area contributed by atoms with Gasteiger partial charge in [-0.3, -0.25) is 9.69 Å². The van der Waals surface area contributed by atoms with Crippen molar-refractivity contribution in [2.24, 2.45) is 5.92 Å². The van der Waals surface area contributed by atoms with E-state index in [1.165, 1.54) is 36.1 Å². The zero-order chi connectivity index (χ0) is 15.4. The molecule has 1 fully saturated rings. The van der Waals surface area contributed by atoms with Crippen molar-refractivity contribution in [3.8, 4) is 0 Å². The Balaban J connectivity index is 1.42. The molecule has 0 saturated carbocycles. The third kappa shape index (κ3) is 2.18. The minimum Gasteiger partial charge on any atom is -0.312 e. The zero-order valence-corrected chi connectivity index (χ0v) is 13.3. The fraction of sp³-hybridized carbons (Fsp3) is 0.450. The van der Waals surface area contributed by atoms with E-state index in [0.29, 0.717) is 17.9 Å². The molecule has 23 heavy (non-hydrogen) atoms. The van der Waals surface area contributed by atoms with E-state index in [0.717, 1.165) is 19.6 Å². The average Bonchev–Trinajstić information content (AvgIpc) is 3.00. The molecule has 2 bridgehead atoms. The highest BCUT2D eigenvalue weighted by atomic mass is 16.1. The Kier molecular flexibility index (Phi) is 2.99. The minimum atomic E-state index is 0.180. The van der Waals surface area contributed by atoms with Crippen molar-refractivity contribution in [1.82, 2.24) is 9.47 Å². The molecule has 0 unspecified atom stereocenters. The molecule has 118 valence electrons. The van der Waals surface area contributed by atoms with Crippen molar-refractivity contribution in [2.45, 2.75) is 37.8 Å². The number of nitrogens with zero attached hydrogens (tertiary/aromatic N) is 2. The third-order valence-corrected chi connectivity index (χ3v) is 6.05. The fourth-order valence-electron chi connectivity index (χ4n) is 5.03. The monoisotopic (exact) mass is 306 g/mol. The van der Waals surface area contributed by atoms with Crippen LogP contribution in [0.25, 0.3) is 0 Å². The first-order valence-corrected chi connectivity index (χ1v) is 8.78. The van der Waals surface area contributed by atoms with Gasteiger partial charge in [-0.2, -0.15) is 0 Å². The van der Waals surface area contributed by atoms with Crippen LogP contribution < -0.4 is 5.56 Å². The maximum Gasteiger partial charge on any atom is 0.250 e. The highest BCUT2D eigenvalue weighted by Crippen LogP contribution is 2.37. The van der Waals surface area contributed by atoms with Gasteiger partial charge >= 0.3 is 0 Å². The minimum absolute atomic E-state index is 0.180. The van der Waals surface area contributed by atoms with E-state index in [1.54, 1.807) is 6.07 Å². The molecular formula is C20H22N2O. The van der Waals surface area contributed by atoms with Crippen LogP contribution in [-0.4, -0.2) is 28.6 Å². The molecule has 3 heterocycles. The average molecular weight is 306 g/mol. The second-order valence-corrected chi connectivity index (χ2v) is 7.48. The fourth-order valence-corrected chi connectivity index (χ4v) is 5.03. The number of rotatable bonds is 1. The van der Waals surface area contributed by atoms with Gasteiger partial charge < -0.3 is 4.57 Å². The highest BCUT2D eigenvalue weighted by molar-refractivity contribution is 5.33. The second-order valence-electron chi connectivity index (χ2n) is 7.48. The SMILES string of the molecule is O=c1cccc2n1C[C@@H]1C[C@H]2CN(C2Cc3ccccc3C2)C1. The van der Waals surface area contributed by atoms with Crippen molar-refractivity contribution < 1.29 is 0 Å². The lowest BCUT2D eigenvalue weighted by atomic mass is 9.82. The standard InChI is InChI=1S/C20H22N2O/c23-20-7-3-6-19-17-8-14(12-22(19)20)11-21(13-17)18-9-15-4-1-2-5-16(15)10-18/h1-7,14,17-18H,8-13H2/t14-,17+/m1/s1. The van der Waals surface area contributed by atoms with Gasteiger partial charge in [-0.25, -0.2) is 0 Å². The Hall–Kier alpha value is -1.87. The van der Waals surface area contributed by atoms with E-state index >= 15 is 0 Å². The second kappa shape index (κ2) is 5.07. The molecule has 0 N–H and O–H groups in total. The summed E-state index contributed by atoms with van der Waals surface area (Å²) in [6.45, 7) is 3.16. The summed E-state index contributed by atoms with van der Waals surface area (Å²) in [6.07, 6.45) is 3.63. The normalized spacial score (nSPS) is 26.8. The number of fused-ring (bicyclic) bond motifs is 5. The van der Waals surface area contributed by atoms with Gasteiger partial charge in [-0.15, -0.1) is 0 Å². The summed E-state index contributed by atoms with van der Waals surface area (Å²) in [5.74, 6) is 1.16. The predicted molar refractivity (Wildman–Crippen MR) is 90.8 cm³/mol. The molecule has 1 saturated heterocycles. The van der Waals surface area contributed by atoms with Crippen LogP contribution >= 0.6 is 0 Å². The summed E-state index contributed by atoms with van der Waals surface area (Å²) in [4.78, 5) is 14.8. The van der Waals surface area contributed by atoms with Gasteiger partial charge in [0.1, 0.15) is 0 Å². The molecule has 0 radical (unpaired) electrons. The molecule has 2 atom stereocenters. The number of hydrogen-bond donors (Lipinski definition) is 0. The van der Waals surface area contributed by atoms with Gasteiger partial charge in [0.2, 0.25) is 0 Å². The number of piperidine rings is 1. The number of aromatic nitrogens is 1. The molecule has 1 aromatic carbocycles. The molecule has 0 amide bonds. The molecular weight excluding hydrogens is 284 g/mol. The van der Waals surface area contributed by atoms with Crippen LogP contribution in [0.2, 0.25) is 0 Å². The Morgan fingerprint density at radius 3 is 2.43 bits per heavy atom. The van der Waals surface area contributed by atoms with Crippen molar-refractivity contribution in [3.05, 3.63) is 69.6 Å². The van der Waals surface area contributed by atoms with Gasteiger partial charge in [0.15, 0.2) is 0 Å². The summed E-state index contributed by atoms with van der Waals surface area (Å²) >= 11 is 0. The van der Waals surface area contributed by atoms with E-state index in [-0.39, 0.29) is 5.56 Å². The Bertz CT molecular complexity index is 784. The predicted octanol–water partition coefficient (Wildman–Crippen LogP) is 2.43. The first kappa shape index (κ1) is 13.6. The molecule has 3 aliphatic rings. The van der Waals surface area contributed by atoms with Crippen LogP contribution in [0.3, 0.4) is 0 Å². The number of likely N-dealkylation sites (tertiary alicyclic amines) is 1. The molecule has 1 aromatic heterocycles. The van der Waals surface area contributed by atoms with Crippen LogP contribution in [0.15, 0.2) is 47.3 Å². The summed E-state index contributed by atoms with van der Waals surface area (Å²) in [6, 6.07) is 15.3. The lowest BCUT2D eigenvalue weighted by Crippen LogP contribution is -2.50. The lowest BCUT2D eigenvalue weighted by molar-refractivity contribution is 0.0847. The molecule has 0 spiro atoms. The largest absolute Gasteiger partial charge is 0.312 e. The summed E-state index contributed by atoms with van der Waals surface area (Å²) in [5, 5.41) is 0. The Morgan fingerprint density at radius 2 is 1.65 bits per heavy atom. The molecule has 3 nitrogen and oxygen atoms in total. The first-order valence-electron chi connectivity index (χ1n) is 8.78. The summed E-state index contributed by atoms with van der Waals surface area (Å²) < 4.78 is 2.03. The van der Waals surface area contributed by atoms with Crippen LogP contribution in [0, 0.1) is 5.92 Å². The molecule has 3 heteroatoms. The Morgan fingerprint density at radius 1 is 0.870 bits per heavy atom. The number of pyridine rings is 1. The van der Waals surface area contributed by atoms with Crippen molar-refractivity contribution in [2.75, 3.05) is 13.1 Å². The highest BCUT2D eigenvalue weighted by Gasteiger charge is 2.38. The van der Waals surface area contributed by atoms with E-state index in [4.69, 9.17) is 0 Å². The van der Waals surface area contributed by atoms with Crippen LogP contribution in [0.1, 0.15) is 29.2 Å². The molecule has 2 aromatic rings. The quantitative estimate of drug-likeness (QED) is 0.808. The third-order valence-electron chi connectivity index (χ3n) is 6.05. The smallest absolute Gasteiger partial charge is 0.250 e. The Labute approximate surface area is 136 Å². The van der Waals surface area contributed by atoms with Gasteiger partial charge in [0.25, 0.3) is 5.56 Å². The number of hydrogen-bond acceptors (Lipinski definition) is 2. The van der Waals surface area contributed by atoms with Gasteiger partial charge in [0, 0.05) is 43.4 Å². The maximum absolute atomic E-state index is 12.1.